The number of aromatic nitrogens is 7. The molecule has 8 nitrogen and oxygen atoms in total. The molecule has 80 heavy (non-hydrogen) atoms. The molecule has 8 bridgehead atoms. The fraction of sp³-hybridized carbons (Fsp3) is 0.111. The quantitative estimate of drug-likeness (QED) is 0.151. The average molecular weight is 1040 g/mol. The summed E-state index contributed by atoms with van der Waals surface area (Å²) in [6, 6.07) is 71.3. The Hall–Kier alpha value is -9.92. The molecule has 0 radical (unpaired) electrons. The fourth-order valence-corrected chi connectivity index (χ4v) is 11.9. The van der Waals surface area contributed by atoms with Crippen molar-refractivity contribution in [2.75, 3.05) is 0 Å². The van der Waals surface area contributed by atoms with E-state index >= 15 is 0 Å². The zero-order valence-electron chi connectivity index (χ0n) is 46.2. The van der Waals surface area contributed by atoms with E-state index in [-0.39, 0.29) is 5.95 Å². The van der Waals surface area contributed by atoms with E-state index in [1.54, 1.807) is 0 Å². The standard InChI is InChI=1S/C72H58N8/c1-43-25-9-17-33-52(43)58-41-51-42-61-77-78-72(79(61)59-39-23-15-31-49(59)7)76-71-74-67(57-38-22-14-30-48(57)6)68(75-71)65(56-37-21-13-29-47(56)5)70-63(54-35-19-11-27-45(54)3)62(53-34-18-10-26-44(53)2)69(80(70)60-40-24-16-32-50(60)8)64(66(58)73-51)55-36-20-12-28-46(55)4/h9-42H,1-8H3. The summed E-state index contributed by atoms with van der Waals surface area (Å²) in [5.41, 5.74) is 27.4. The molecule has 0 amide bonds. The molecule has 0 saturated heterocycles. The molecule has 8 heteroatoms. The van der Waals surface area contributed by atoms with Crippen molar-refractivity contribution >= 4 is 45.8 Å². The SMILES string of the molecule is Cc1ccccc1C1=Cc2cc3nnc(nc4nc(c(-c5ccccc5C)c5c(-c6ccccc6C)c(-c6ccccc6C)c(c(-c6ccccc6C)c1n2)n5-c1ccccc1C)C(c1ccccc1C)=N4)n3-c1ccccc1C. The van der Waals surface area contributed by atoms with Crippen LogP contribution in [0.1, 0.15) is 72.7 Å². The summed E-state index contributed by atoms with van der Waals surface area (Å²) < 4.78 is 4.56. The van der Waals surface area contributed by atoms with Crippen LogP contribution >= 0.6 is 0 Å². The van der Waals surface area contributed by atoms with Gasteiger partial charge in [-0.15, -0.1) is 10.2 Å². The van der Waals surface area contributed by atoms with Crippen LogP contribution < -0.4 is 0 Å². The molecule has 0 unspecified atom stereocenters. The van der Waals surface area contributed by atoms with Gasteiger partial charge < -0.3 is 4.57 Å². The van der Waals surface area contributed by atoms with Crippen molar-refractivity contribution in [1.82, 2.24) is 34.3 Å². The van der Waals surface area contributed by atoms with Crippen LogP contribution in [0, 0.1) is 55.4 Å². The molecule has 0 saturated carbocycles. The molecule has 0 fully saturated rings. The fourth-order valence-electron chi connectivity index (χ4n) is 11.9. The number of hydrogen-bond acceptors (Lipinski definition) is 6. The predicted molar refractivity (Wildman–Crippen MR) is 329 cm³/mol. The molecule has 2 aliphatic rings. The van der Waals surface area contributed by atoms with Gasteiger partial charge in [0.2, 0.25) is 0 Å². The van der Waals surface area contributed by atoms with Gasteiger partial charge in [0.15, 0.2) is 5.65 Å². The van der Waals surface area contributed by atoms with Crippen LogP contribution in [-0.2, 0) is 0 Å². The van der Waals surface area contributed by atoms with Crippen molar-refractivity contribution in [3.63, 3.8) is 0 Å². The van der Waals surface area contributed by atoms with E-state index in [2.05, 4.69) is 248 Å². The number of para-hydroxylation sites is 2. The highest BCUT2D eigenvalue weighted by atomic mass is 15.3. The molecule has 3 aromatic heterocycles. The second-order valence-electron chi connectivity index (χ2n) is 21.1. The monoisotopic (exact) mass is 1030 g/mol. The van der Waals surface area contributed by atoms with Crippen LogP contribution in [0.25, 0.3) is 90.0 Å². The average Bonchev–Trinajstić information content (AvgIpc) is 4.36. The molecule has 5 heterocycles. The first-order valence-corrected chi connectivity index (χ1v) is 27.3. The van der Waals surface area contributed by atoms with E-state index in [1.165, 1.54) is 0 Å². The Morgan fingerprint density at radius 1 is 0.325 bits per heavy atom. The van der Waals surface area contributed by atoms with Gasteiger partial charge >= 0.3 is 0 Å². The van der Waals surface area contributed by atoms with Crippen molar-refractivity contribution in [2.45, 2.75) is 55.4 Å². The number of aryl methyl sites for hydroxylation is 8. The first kappa shape index (κ1) is 49.6. The minimum Gasteiger partial charge on any atom is -0.308 e. The van der Waals surface area contributed by atoms with Gasteiger partial charge in [-0.3, -0.25) is 4.57 Å². The molecule has 386 valence electrons. The first-order chi connectivity index (χ1) is 39.0. The maximum absolute atomic E-state index is 5.93. The van der Waals surface area contributed by atoms with Crippen molar-refractivity contribution < 1.29 is 0 Å². The van der Waals surface area contributed by atoms with Gasteiger partial charge in [-0.05, 0) is 146 Å². The molecule has 8 aromatic carbocycles. The van der Waals surface area contributed by atoms with Crippen LogP contribution in [0.5, 0.6) is 0 Å². The van der Waals surface area contributed by atoms with Crippen LogP contribution in [-0.4, -0.2) is 40.0 Å². The summed E-state index contributed by atoms with van der Waals surface area (Å²) in [6.07, 6.45) is 2.23. The Balaban J connectivity index is 1.45. The predicted octanol–water partition coefficient (Wildman–Crippen LogP) is 17.3. The Morgan fingerprint density at radius 2 is 0.713 bits per heavy atom. The molecule has 11 aromatic rings. The summed E-state index contributed by atoms with van der Waals surface area (Å²) in [5.74, 6) is 0.604. The molecule has 0 aliphatic carbocycles. The van der Waals surface area contributed by atoms with E-state index in [9.17, 15) is 0 Å². The van der Waals surface area contributed by atoms with Gasteiger partial charge in [0.25, 0.3) is 11.7 Å². The number of aliphatic imine (C=N–C) groups is 1. The van der Waals surface area contributed by atoms with Gasteiger partial charge in [-0.25, -0.2) is 15.0 Å². The van der Waals surface area contributed by atoms with Crippen LogP contribution in [0.3, 0.4) is 0 Å². The Labute approximate surface area is 466 Å². The molecule has 0 spiro atoms. The first-order valence-electron chi connectivity index (χ1n) is 27.3. The third kappa shape index (κ3) is 8.39. The van der Waals surface area contributed by atoms with Crippen LogP contribution in [0.2, 0.25) is 0 Å². The number of benzene rings is 8. The second-order valence-corrected chi connectivity index (χ2v) is 21.1. The number of nitrogens with zero attached hydrogens (tertiary/aromatic N) is 8. The van der Waals surface area contributed by atoms with Crippen molar-refractivity contribution in [2.24, 2.45) is 4.99 Å². The molecule has 0 N–H and O–H groups in total. The second kappa shape index (κ2) is 20.1. The minimum atomic E-state index is 0.263. The highest BCUT2D eigenvalue weighted by Gasteiger charge is 2.34. The summed E-state index contributed by atoms with van der Waals surface area (Å²) in [7, 11) is 0. The summed E-state index contributed by atoms with van der Waals surface area (Å²) >= 11 is 0. The van der Waals surface area contributed by atoms with E-state index in [1.807, 2.05) is 22.8 Å². The summed E-state index contributed by atoms with van der Waals surface area (Å²) in [6.45, 7) is 17.5. The zero-order valence-corrected chi connectivity index (χ0v) is 46.2. The smallest absolute Gasteiger partial charge is 0.259 e. The van der Waals surface area contributed by atoms with Crippen molar-refractivity contribution in [1.29, 1.82) is 0 Å². The zero-order chi connectivity index (χ0) is 54.8. The molecule has 13 rings (SSSR count). The minimum absolute atomic E-state index is 0.263. The van der Waals surface area contributed by atoms with E-state index in [0.29, 0.717) is 22.8 Å². The van der Waals surface area contributed by atoms with Crippen molar-refractivity contribution in [3.8, 4) is 55.9 Å². The lowest BCUT2D eigenvalue weighted by atomic mass is 9.86. The molecular weight excluding hydrogens is 977 g/mol. The maximum atomic E-state index is 5.93. The largest absolute Gasteiger partial charge is 0.308 e. The van der Waals surface area contributed by atoms with Crippen LogP contribution in [0.15, 0.2) is 205 Å². The molecular formula is C72H58N8. The maximum Gasteiger partial charge on any atom is 0.259 e. The molecule has 2 aliphatic heterocycles. The Bertz CT molecular complexity index is 4340. The number of hydrogen-bond donors (Lipinski definition) is 0. The number of fused-ring (bicyclic) bond motifs is 8. The van der Waals surface area contributed by atoms with Gasteiger partial charge in [-0.1, -0.05) is 182 Å². The highest BCUT2D eigenvalue weighted by molar-refractivity contribution is 6.23. The Kier molecular flexibility index (Phi) is 12.5. The van der Waals surface area contributed by atoms with Gasteiger partial charge in [0, 0.05) is 45.1 Å². The van der Waals surface area contributed by atoms with Gasteiger partial charge in [0.1, 0.15) is 11.4 Å². The highest BCUT2D eigenvalue weighted by Crippen LogP contribution is 2.53. The molecule has 0 atom stereocenters. The lowest BCUT2D eigenvalue weighted by Gasteiger charge is -2.19. The summed E-state index contributed by atoms with van der Waals surface area (Å²) in [5, 5.41) is 9.83. The lowest BCUT2D eigenvalue weighted by molar-refractivity contribution is 1.06. The van der Waals surface area contributed by atoms with Gasteiger partial charge in [-0.2, -0.15) is 4.98 Å². The van der Waals surface area contributed by atoms with Crippen molar-refractivity contribution in [3.05, 3.63) is 273 Å². The number of rotatable bonds is 8. The Morgan fingerprint density at radius 3 is 1.18 bits per heavy atom. The summed E-state index contributed by atoms with van der Waals surface area (Å²) in [4.78, 5) is 22.6. The van der Waals surface area contributed by atoms with Gasteiger partial charge in [0.05, 0.1) is 28.1 Å². The topological polar surface area (TPSA) is 86.7 Å². The third-order valence-electron chi connectivity index (χ3n) is 15.9. The lowest BCUT2D eigenvalue weighted by Crippen LogP contribution is -2.08. The van der Waals surface area contributed by atoms with Crippen LogP contribution in [0.4, 0.5) is 5.95 Å². The normalized spacial score (nSPS) is 12.2. The van der Waals surface area contributed by atoms with E-state index in [4.69, 9.17) is 30.1 Å². The van der Waals surface area contributed by atoms with E-state index in [0.717, 1.165) is 140 Å². The third-order valence-corrected chi connectivity index (χ3v) is 15.9. The van der Waals surface area contributed by atoms with E-state index < -0.39 is 0 Å².